The Morgan fingerprint density at radius 1 is 1.15 bits per heavy atom. The van der Waals surface area contributed by atoms with Crippen molar-refractivity contribution in [1.29, 1.82) is 0 Å². The predicted octanol–water partition coefficient (Wildman–Crippen LogP) is 4.45. The number of nitrogens with zero attached hydrogens (tertiary/aromatic N) is 3. The van der Waals surface area contributed by atoms with Gasteiger partial charge in [0.2, 0.25) is 5.91 Å². The van der Waals surface area contributed by atoms with Gasteiger partial charge in [0.25, 0.3) is 0 Å². The fraction of sp³-hybridized carbons (Fsp3) is 0.292. The summed E-state index contributed by atoms with van der Waals surface area (Å²) in [6, 6.07) is 11.5. The number of morpholine rings is 1. The molecule has 1 N–H and O–H groups in total. The minimum absolute atomic E-state index is 0.119. The Balaban J connectivity index is 1.27. The fourth-order valence-electron chi connectivity index (χ4n) is 3.82. The number of hydrogen-bond donors (Lipinski definition) is 1. The molecule has 0 aliphatic carbocycles. The number of aromatic nitrogens is 2. The molecule has 4 aromatic rings. The second-order valence-corrected chi connectivity index (χ2v) is 9.56. The van der Waals surface area contributed by atoms with E-state index in [-0.39, 0.29) is 12.3 Å². The van der Waals surface area contributed by atoms with Gasteiger partial charge in [-0.15, -0.1) is 11.3 Å². The van der Waals surface area contributed by atoms with Gasteiger partial charge in [0.15, 0.2) is 16.6 Å². The minimum atomic E-state index is -0.119. The number of amides is 1. The number of benzene rings is 2. The largest absolute Gasteiger partial charge is 0.493 e. The standard InChI is InChI=1S/C24H24N4O4S2/c1-30-19-5-3-4-17(22(19)31-2)23-26-16(14-33-23)13-21(29)25-15-6-7-18-20(12-15)34-24(27-18)28-8-10-32-11-9-28/h3-7,12,14H,8-11,13H2,1-2H3,(H,25,29). The number of hydrogen-bond acceptors (Lipinski definition) is 9. The van der Waals surface area contributed by atoms with E-state index in [0.717, 1.165) is 57.9 Å². The summed E-state index contributed by atoms with van der Waals surface area (Å²) in [4.78, 5) is 24.3. The van der Waals surface area contributed by atoms with Crippen molar-refractivity contribution >= 4 is 49.6 Å². The third-order valence-corrected chi connectivity index (χ3v) is 7.47. The molecule has 0 bridgehead atoms. The maximum absolute atomic E-state index is 12.7. The van der Waals surface area contributed by atoms with Crippen LogP contribution in [0.2, 0.25) is 0 Å². The van der Waals surface area contributed by atoms with Crippen molar-refractivity contribution in [1.82, 2.24) is 9.97 Å². The summed E-state index contributed by atoms with van der Waals surface area (Å²) in [5, 5.41) is 6.65. The summed E-state index contributed by atoms with van der Waals surface area (Å²) in [5.74, 6) is 1.15. The van der Waals surface area contributed by atoms with Crippen molar-refractivity contribution in [3.8, 4) is 22.1 Å². The van der Waals surface area contributed by atoms with Gasteiger partial charge >= 0.3 is 0 Å². The molecular formula is C24H24N4O4S2. The van der Waals surface area contributed by atoms with Crippen molar-refractivity contribution in [3.63, 3.8) is 0 Å². The molecule has 176 valence electrons. The highest BCUT2D eigenvalue weighted by Gasteiger charge is 2.17. The number of methoxy groups -OCH3 is 2. The molecule has 1 aliphatic heterocycles. The van der Waals surface area contributed by atoms with Gasteiger partial charge in [0.1, 0.15) is 5.01 Å². The van der Waals surface area contributed by atoms with E-state index in [2.05, 4.69) is 15.2 Å². The number of fused-ring (bicyclic) bond motifs is 1. The number of ether oxygens (including phenoxy) is 3. The minimum Gasteiger partial charge on any atom is -0.493 e. The van der Waals surface area contributed by atoms with Gasteiger partial charge in [-0.2, -0.15) is 0 Å². The normalized spacial score (nSPS) is 13.8. The van der Waals surface area contributed by atoms with Crippen molar-refractivity contribution in [2.45, 2.75) is 6.42 Å². The molecule has 1 amide bonds. The van der Waals surface area contributed by atoms with E-state index in [1.807, 2.05) is 41.8 Å². The SMILES string of the molecule is COc1cccc(-c2nc(CC(=O)Nc3ccc4nc(N5CCOCC5)sc4c3)cs2)c1OC. The van der Waals surface area contributed by atoms with Crippen LogP contribution in [0.25, 0.3) is 20.8 Å². The van der Waals surface area contributed by atoms with Gasteiger partial charge in [-0.1, -0.05) is 17.4 Å². The first-order chi connectivity index (χ1) is 16.6. The zero-order chi connectivity index (χ0) is 23.5. The first-order valence-electron chi connectivity index (χ1n) is 10.8. The number of carbonyl (C=O) groups excluding carboxylic acids is 1. The Morgan fingerprint density at radius 3 is 2.79 bits per heavy atom. The third kappa shape index (κ3) is 4.70. The van der Waals surface area contributed by atoms with Crippen LogP contribution in [0.4, 0.5) is 10.8 Å². The molecule has 1 aliphatic rings. The zero-order valence-corrected chi connectivity index (χ0v) is 20.5. The van der Waals surface area contributed by atoms with Gasteiger partial charge in [-0.25, -0.2) is 9.97 Å². The summed E-state index contributed by atoms with van der Waals surface area (Å²) in [6.07, 6.45) is 0.183. The first kappa shape index (κ1) is 22.6. The highest BCUT2D eigenvalue weighted by atomic mass is 32.1. The lowest BCUT2D eigenvalue weighted by molar-refractivity contribution is -0.115. The monoisotopic (exact) mass is 496 g/mol. The molecule has 1 saturated heterocycles. The Bertz CT molecular complexity index is 1310. The summed E-state index contributed by atoms with van der Waals surface area (Å²) in [5.41, 5.74) is 3.22. The van der Waals surface area contributed by atoms with Crippen LogP contribution in [-0.2, 0) is 16.0 Å². The van der Waals surface area contributed by atoms with Crippen LogP contribution in [0.1, 0.15) is 5.69 Å². The Kier molecular flexibility index (Phi) is 6.61. The van der Waals surface area contributed by atoms with Gasteiger partial charge in [0, 0.05) is 24.2 Å². The number of nitrogens with one attached hydrogen (secondary N) is 1. The summed E-state index contributed by atoms with van der Waals surface area (Å²) < 4.78 is 17.4. The molecule has 5 rings (SSSR count). The lowest BCUT2D eigenvalue weighted by atomic mass is 10.2. The fourth-order valence-corrected chi connectivity index (χ4v) is 5.72. The highest BCUT2D eigenvalue weighted by Crippen LogP contribution is 2.39. The van der Waals surface area contributed by atoms with E-state index < -0.39 is 0 Å². The predicted molar refractivity (Wildman–Crippen MR) is 136 cm³/mol. The van der Waals surface area contributed by atoms with Crippen molar-refractivity contribution in [2.24, 2.45) is 0 Å². The van der Waals surface area contributed by atoms with Crippen LogP contribution in [0, 0.1) is 0 Å². The van der Waals surface area contributed by atoms with Gasteiger partial charge in [-0.3, -0.25) is 4.79 Å². The molecule has 0 saturated carbocycles. The zero-order valence-electron chi connectivity index (χ0n) is 18.9. The van der Waals surface area contributed by atoms with Crippen LogP contribution in [-0.4, -0.2) is 56.4 Å². The van der Waals surface area contributed by atoms with Crippen LogP contribution >= 0.6 is 22.7 Å². The lowest BCUT2D eigenvalue weighted by Crippen LogP contribution is -2.36. The van der Waals surface area contributed by atoms with E-state index in [1.54, 1.807) is 25.6 Å². The van der Waals surface area contributed by atoms with Crippen molar-refractivity contribution < 1.29 is 19.0 Å². The van der Waals surface area contributed by atoms with Crippen molar-refractivity contribution in [2.75, 3.05) is 50.7 Å². The Hall–Kier alpha value is -3.21. The number of anilines is 2. The molecule has 0 spiro atoms. The van der Waals surface area contributed by atoms with E-state index in [0.29, 0.717) is 17.2 Å². The second-order valence-electron chi connectivity index (χ2n) is 7.69. The van der Waals surface area contributed by atoms with Gasteiger partial charge < -0.3 is 24.4 Å². The van der Waals surface area contributed by atoms with Gasteiger partial charge in [-0.05, 0) is 30.3 Å². The molecule has 2 aromatic heterocycles. The molecule has 10 heteroatoms. The molecular weight excluding hydrogens is 472 g/mol. The number of para-hydroxylation sites is 1. The quantitative estimate of drug-likeness (QED) is 0.404. The maximum Gasteiger partial charge on any atom is 0.230 e. The van der Waals surface area contributed by atoms with Crippen LogP contribution < -0.4 is 19.7 Å². The van der Waals surface area contributed by atoms with E-state index in [9.17, 15) is 4.79 Å². The van der Waals surface area contributed by atoms with Crippen LogP contribution in [0.3, 0.4) is 0 Å². The summed E-state index contributed by atoms with van der Waals surface area (Å²) in [6.45, 7) is 3.14. The summed E-state index contributed by atoms with van der Waals surface area (Å²) in [7, 11) is 3.21. The van der Waals surface area contributed by atoms with E-state index in [4.69, 9.17) is 19.2 Å². The molecule has 34 heavy (non-hydrogen) atoms. The topological polar surface area (TPSA) is 85.8 Å². The number of carbonyl (C=O) groups is 1. The molecule has 0 atom stereocenters. The molecule has 2 aromatic carbocycles. The average molecular weight is 497 g/mol. The average Bonchev–Trinajstić information content (AvgIpc) is 3.50. The molecule has 8 nitrogen and oxygen atoms in total. The number of rotatable bonds is 7. The Labute approximate surface area is 205 Å². The second kappa shape index (κ2) is 9.96. The molecule has 0 radical (unpaired) electrons. The lowest BCUT2D eigenvalue weighted by Gasteiger charge is -2.25. The smallest absolute Gasteiger partial charge is 0.230 e. The molecule has 3 heterocycles. The van der Waals surface area contributed by atoms with E-state index in [1.165, 1.54) is 11.3 Å². The first-order valence-corrected chi connectivity index (χ1v) is 12.5. The molecule has 1 fully saturated rings. The maximum atomic E-state index is 12.7. The third-order valence-electron chi connectivity index (χ3n) is 5.47. The van der Waals surface area contributed by atoms with E-state index >= 15 is 0 Å². The Morgan fingerprint density at radius 2 is 2.00 bits per heavy atom. The van der Waals surface area contributed by atoms with Gasteiger partial charge in [0.05, 0.1) is 55.3 Å². The highest BCUT2D eigenvalue weighted by molar-refractivity contribution is 7.22. The number of thiazole rings is 2. The van der Waals surface area contributed by atoms with Crippen LogP contribution in [0.15, 0.2) is 41.8 Å². The van der Waals surface area contributed by atoms with Crippen molar-refractivity contribution in [3.05, 3.63) is 47.5 Å². The summed E-state index contributed by atoms with van der Waals surface area (Å²) >= 11 is 3.10. The van der Waals surface area contributed by atoms with Crippen LogP contribution in [0.5, 0.6) is 11.5 Å². The molecule has 0 unspecified atom stereocenters.